The van der Waals surface area contributed by atoms with Crippen LogP contribution in [0.15, 0.2) is 24.3 Å². The van der Waals surface area contributed by atoms with Crippen LogP contribution in [0.4, 0.5) is 0 Å². The van der Waals surface area contributed by atoms with Gasteiger partial charge in [-0.15, -0.1) is 0 Å². The van der Waals surface area contributed by atoms with E-state index < -0.39 is 6.10 Å². The van der Waals surface area contributed by atoms with Gasteiger partial charge in [0.05, 0.1) is 12.7 Å². The summed E-state index contributed by atoms with van der Waals surface area (Å²) in [4.78, 5) is 0. The molecule has 3 nitrogen and oxygen atoms in total. The second kappa shape index (κ2) is 6.03. The summed E-state index contributed by atoms with van der Waals surface area (Å²) in [5.74, 6) is 1.47. The number of benzene rings is 1. The molecule has 0 unspecified atom stereocenters. The van der Waals surface area contributed by atoms with Gasteiger partial charge in [0, 0.05) is 5.56 Å². The zero-order valence-corrected chi connectivity index (χ0v) is 10.3. The zero-order chi connectivity index (χ0) is 12.1. The molecule has 1 aliphatic carbocycles. The molecule has 2 rings (SSSR count). The zero-order valence-electron chi connectivity index (χ0n) is 10.3. The van der Waals surface area contributed by atoms with Crippen molar-refractivity contribution in [3.05, 3.63) is 29.8 Å². The minimum Gasteiger partial charge on any atom is -0.467 e. The predicted molar refractivity (Wildman–Crippen MR) is 65.9 cm³/mol. The standard InChI is InChI=1S/C14H20O3/c1-2-13(15)12-5-3-4-6-14(12)17-10-16-9-11-7-8-11/h3-6,11,13,15H,2,7-10H2,1H3/t13-/m0/s1. The Morgan fingerprint density at radius 2 is 2.12 bits per heavy atom. The summed E-state index contributed by atoms with van der Waals surface area (Å²) in [5, 5.41) is 9.84. The Morgan fingerprint density at radius 3 is 2.82 bits per heavy atom. The maximum Gasteiger partial charge on any atom is 0.189 e. The van der Waals surface area contributed by atoms with Crippen LogP contribution in [0.25, 0.3) is 0 Å². The molecular formula is C14H20O3. The number of aliphatic hydroxyl groups is 1. The molecule has 0 aromatic heterocycles. The third-order valence-electron chi connectivity index (χ3n) is 3.01. The molecule has 0 saturated heterocycles. The van der Waals surface area contributed by atoms with E-state index in [2.05, 4.69) is 0 Å². The quantitative estimate of drug-likeness (QED) is 0.584. The van der Waals surface area contributed by atoms with E-state index in [1.54, 1.807) is 0 Å². The fraction of sp³-hybridized carbons (Fsp3) is 0.571. The van der Waals surface area contributed by atoms with Gasteiger partial charge in [0.15, 0.2) is 6.79 Å². The number of rotatable bonds is 7. The van der Waals surface area contributed by atoms with Crippen LogP contribution >= 0.6 is 0 Å². The van der Waals surface area contributed by atoms with Crippen LogP contribution in [0.3, 0.4) is 0 Å². The lowest BCUT2D eigenvalue weighted by Crippen LogP contribution is -2.07. The largest absolute Gasteiger partial charge is 0.467 e. The molecular weight excluding hydrogens is 216 g/mol. The Morgan fingerprint density at radius 1 is 1.35 bits per heavy atom. The minimum absolute atomic E-state index is 0.268. The van der Waals surface area contributed by atoms with Crippen molar-refractivity contribution in [2.24, 2.45) is 5.92 Å². The number of ether oxygens (including phenoxy) is 2. The van der Waals surface area contributed by atoms with E-state index in [1.807, 2.05) is 31.2 Å². The molecule has 3 heteroatoms. The molecule has 1 aliphatic rings. The summed E-state index contributed by atoms with van der Waals surface area (Å²) in [7, 11) is 0. The highest BCUT2D eigenvalue weighted by Crippen LogP contribution is 2.29. The third kappa shape index (κ3) is 3.72. The van der Waals surface area contributed by atoms with Gasteiger partial charge in [-0.2, -0.15) is 0 Å². The summed E-state index contributed by atoms with van der Waals surface area (Å²) in [5.41, 5.74) is 0.838. The maximum atomic E-state index is 9.84. The van der Waals surface area contributed by atoms with Crippen molar-refractivity contribution in [1.29, 1.82) is 0 Å². The first-order valence-corrected chi connectivity index (χ1v) is 6.28. The van der Waals surface area contributed by atoms with Crippen molar-refractivity contribution < 1.29 is 14.6 Å². The average Bonchev–Trinajstić information content (AvgIpc) is 3.18. The van der Waals surface area contributed by atoms with Gasteiger partial charge >= 0.3 is 0 Å². The summed E-state index contributed by atoms with van der Waals surface area (Å²) >= 11 is 0. The van der Waals surface area contributed by atoms with Crippen molar-refractivity contribution in [3.63, 3.8) is 0 Å². The molecule has 1 saturated carbocycles. The third-order valence-corrected chi connectivity index (χ3v) is 3.01. The fourth-order valence-corrected chi connectivity index (χ4v) is 1.71. The highest BCUT2D eigenvalue weighted by atomic mass is 16.7. The molecule has 0 radical (unpaired) electrons. The van der Waals surface area contributed by atoms with E-state index in [-0.39, 0.29) is 6.79 Å². The summed E-state index contributed by atoms with van der Waals surface area (Å²) in [6, 6.07) is 7.58. The van der Waals surface area contributed by atoms with Crippen molar-refractivity contribution in [1.82, 2.24) is 0 Å². The van der Waals surface area contributed by atoms with Crippen molar-refractivity contribution >= 4 is 0 Å². The van der Waals surface area contributed by atoms with Crippen LogP contribution in [0.2, 0.25) is 0 Å². The first-order chi connectivity index (χ1) is 8.31. The normalized spacial score (nSPS) is 16.8. The number of para-hydroxylation sites is 1. The van der Waals surface area contributed by atoms with E-state index in [0.717, 1.165) is 23.8 Å². The predicted octanol–water partition coefficient (Wildman–Crippen LogP) is 2.89. The molecule has 94 valence electrons. The first-order valence-electron chi connectivity index (χ1n) is 6.28. The van der Waals surface area contributed by atoms with Gasteiger partial charge in [-0.1, -0.05) is 25.1 Å². The fourth-order valence-electron chi connectivity index (χ4n) is 1.71. The molecule has 0 heterocycles. The van der Waals surface area contributed by atoms with E-state index >= 15 is 0 Å². The highest BCUT2D eigenvalue weighted by molar-refractivity contribution is 5.34. The molecule has 0 bridgehead atoms. The van der Waals surface area contributed by atoms with Crippen LogP contribution < -0.4 is 4.74 Å². The van der Waals surface area contributed by atoms with Crippen LogP contribution in [0, 0.1) is 5.92 Å². The Bertz CT molecular complexity index is 347. The van der Waals surface area contributed by atoms with Gasteiger partial charge in [-0.3, -0.25) is 0 Å². The van der Waals surface area contributed by atoms with E-state index in [9.17, 15) is 5.11 Å². The van der Waals surface area contributed by atoms with E-state index in [1.165, 1.54) is 12.8 Å². The molecule has 1 aromatic carbocycles. The Balaban J connectivity index is 1.84. The smallest absolute Gasteiger partial charge is 0.189 e. The van der Waals surface area contributed by atoms with Crippen LogP contribution in [-0.2, 0) is 4.74 Å². The lowest BCUT2D eigenvalue weighted by Gasteiger charge is -2.14. The average molecular weight is 236 g/mol. The summed E-state index contributed by atoms with van der Waals surface area (Å²) in [6.45, 7) is 3.01. The topological polar surface area (TPSA) is 38.7 Å². The van der Waals surface area contributed by atoms with Crippen molar-refractivity contribution in [3.8, 4) is 5.75 Å². The minimum atomic E-state index is -0.463. The SMILES string of the molecule is CC[C@H](O)c1ccccc1OCOCC1CC1. The molecule has 0 spiro atoms. The Kier molecular flexibility index (Phi) is 4.40. The molecule has 1 atom stereocenters. The van der Waals surface area contributed by atoms with Gasteiger partial charge in [-0.05, 0) is 31.2 Å². The Hall–Kier alpha value is -1.06. The van der Waals surface area contributed by atoms with Crippen LogP contribution in [0.1, 0.15) is 37.9 Å². The van der Waals surface area contributed by atoms with Gasteiger partial charge < -0.3 is 14.6 Å². The number of aliphatic hydroxyl groups excluding tert-OH is 1. The van der Waals surface area contributed by atoms with Crippen molar-refractivity contribution in [2.45, 2.75) is 32.3 Å². The molecule has 1 aromatic rings. The van der Waals surface area contributed by atoms with E-state index in [4.69, 9.17) is 9.47 Å². The van der Waals surface area contributed by atoms with Gasteiger partial charge in [0.2, 0.25) is 0 Å². The Labute approximate surface area is 102 Å². The summed E-state index contributed by atoms with van der Waals surface area (Å²) < 4.78 is 11.0. The lowest BCUT2D eigenvalue weighted by atomic mass is 10.1. The van der Waals surface area contributed by atoms with Gasteiger partial charge in [0.1, 0.15) is 5.75 Å². The second-order valence-electron chi connectivity index (χ2n) is 4.54. The van der Waals surface area contributed by atoms with E-state index in [0.29, 0.717) is 6.42 Å². The van der Waals surface area contributed by atoms with Crippen molar-refractivity contribution in [2.75, 3.05) is 13.4 Å². The number of hydrogen-bond donors (Lipinski definition) is 1. The second-order valence-corrected chi connectivity index (χ2v) is 4.54. The maximum absolute atomic E-state index is 9.84. The van der Waals surface area contributed by atoms with Crippen LogP contribution in [-0.4, -0.2) is 18.5 Å². The van der Waals surface area contributed by atoms with Crippen LogP contribution in [0.5, 0.6) is 5.75 Å². The molecule has 17 heavy (non-hydrogen) atoms. The molecule has 1 fully saturated rings. The van der Waals surface area contributed by atoms with Gasteiger partial charge in [0.25, 0.3) is 0 Å². The number of hydrogen-bond acceptors (Lipinski definition) is 3. The lowest BCUT2D eigenvalue weighted by molar-refractivity contribution is 0.00804. The molecule has 1 N–H and O–H groups in total. The van der Waals surface area contributed by atoms with Gasteiger partial charge in [-0.25, -0.2) is 0 Å². The summed E-state index contributed by atoms with van der Waals surface area (Å²) in [6.07, 6.45) is 2.79. The monoisotopic (exact) mass is 236 g/mol. The molecule has 0 aliphatic heterocycles. The highest BCUT2D eigenvalue weighted by Gasteiger charge is 2.21. The molecule has 0 amide bonds. The first kappa shape index (κ1) is 12.4.